The Morgan fingerprint density at radius 2 is 1.90 bits per heavy atom. The van der Waals surface area contributed by atoms with Crippen LogP contribution < -0.4 is 10.2 Å². The van der Waals surface area contributed by atoms with Crippen molar-refractivity contribution in [3.63, 3.8) is 0 Å². The van der Waals surface area contributed by atoms with Crippen LogP contribution in [0.25, 0.3) is 0 Å². The van der Waals surface area contributed by atoms with Crippen LogP contribution in [0.4, 0.5) is 11.6 Å². The second-order valence-corrected chi connectivity index (χ2v) is 5.12. The molecule has 0 fully saturated rings. The van der Waals surface area contributed by atoms with E-state index in [1.54, 1.807) is 30.1 Å². The summed E-state index contributed by atoms with van der Waals surface area (Å²) in [5, 5.41) is 6.97. The van der Waals surface area contributed by atoms with Crippen LogP contribution in [0.2, 0.25) is 0 Å². The van der Waals surface area contributed by atoms with Gasteiger partial charge in [-0.05, 0) is 26.8 Å². The van der Waals surface area contributed by atoms with Crippen molar-refractivity contribution in [3.05, 3.63) is 29.8 Å². The molecule has 2 rings (SSSR count). The highest BCUT2D eigenvalue weighted by atomic mass is 16.2. The van der Waals surface area contributed by atoms with E-state index in [0.717, 1.165) is 11.4 Å². The molecule has 21 heavy (non-hydrogen) atoms. The molecule has 2 aromatic heterocycles. The normalized spacial score (nSPS) is 12.0. The Balaban J connectivity index is 2.22. The first-order valence-electron chi connectivity index (χ1n) is 6.72. The number of hydrogen-bond donors (Lipinski definition) is 1. The summed E-state index contributed by atoms with van der Waals surface area (Å²) in [4.78, 5) is 22.9. The summed E-state index contributed by atoms with van der Waals surface area (Å²) < 4.78 is 1.61. The van der Waals surface area contributed by atoms with Gasteiger partial charge in [-0.25, -0.2) is 9.97 Å². The number of nitrogens with one attached hydrogen (secondary N) is 1. The maximum Gasteiger partial charge on any atom is 0.249 e. The van der Waals surface area contributed by atoms with Crippen molar-refractivity contribution in [2.24, 2.45) is 0 Å². The smallest absolute Gasteiger partial charge is 0.249 e. The summed E-state index contributed by atoms with van der Waals surface area (Å²) >= 11 is 0. The molecule has 1 amide bonds. The number of aryl methyl sites for hydroxylation is 2. The number of carbonyl (C=O) groups excluding carboxylic acids is 1. The van der Waals surface area contributed by atoms with E-state index >= 15 is 0 Å². The van der Waals surface area contributed by atoms with Gasteiger partial charge in [-0.2, -0.15) is 5.10 Å². The lowest BCUT2D eigenvalue weighted by atomic mass is 10.2. The number of rotatable bonds is 4. The predicted molar refractivity (Wildman–Crippen MR) is 81.4 cm³/mol. The van der Waals surface area contributed by atoms with Crippen molar-refractivity contribution in [1.82, 2.24) is 19.7 Å². The molecule has 0 radical (unpaired) electrons. The average Bonchev–Trinajstić information content (AvgIpc) is 2.95. The molecule has 0 bridgehead atoms. The van der Waals surface area contributed by atoms with Crippen LogP contribution in [-0.4, -0.2) is 39.8 Å². The highest BCUT2D eigenvalue weighted by Gasteiger charge is 2.18. The molecule has 0 aliphatic heterocycles. The zero-order valence-electron chi connectivity index (χ0n) is 13.0. The van der Waals surface area contributed by atoms with Crippen LogP contribution >= 0.6 is 0 Å². The molecule has 2 aromatic rings. The summed E-state index contributed by atoms with van der Waals surface area (Å²) in [6.45, 7) is 5.51. The maximum atomic E-state index is 12.3. The third-order valence-electron chi connectivity index (χ3n) is 3.21. The van der Waals surface area contributed by atoms with Gasteiger partial charge in [0.25, 0.3) is 0 Å². The van der Waals surface area contributed by atoms with Gasteiger partial charge in [-0.1, -0.05) is 0 Å². The fourth-order valence-electron chi connectivity index (χ4n) is 1.94. The van der Waals surface area contributed by atoms with Gasteiger partial charge in [0.1, 0.15) is 6.04 Å². The lowest BCUT2D eigenvalue weighted by Crippen LogP contribution is -2.25. The second-order valence-electron chi connectivity index (χ2n) is 5.12. The standard InChI is InChI=1S/C14H20N6O/c1-9-12(10(2)17-14(16-9)19(4)5)18-13(21)11(3)20-8-6-7-15-20/h6-8,11H,1-5H3,(H,18,21). The zero-order chi connectivity index (χ0) is 15.6. The Bertz CT molecular complexity index is 612. The largest absolute Gasteiger partial charge is 0.347 e. The summed E-state index contributed by atoms with van der Waals surface area (Å²) in [6, 6.07) is 1.39. The molecule has 0 spiro atoms. The molecule has 1 atom stereocenters. The first-order chi connectivity index (χ1) is 9.90. The topological polar surface area (TPSA) is 75.9 Å². The summed E-state index contributed by atoms with van der Waals surface area (Å²) in [5.41, 5.74) is 2.14. The number of nitrogens with zero attached hydrogens (tertiary/aromatic N) is 5. The molecular formula is C14H20N6O. The van der Waals surface area contributed by atoms with Gasteiger partial charge in [0.2, 0.25) is 11.9 Å². The molecule has 7 nitrogen and oxygen atoms in total. The van der Waals surface area contributed by atoms with Gasteiger partial charge in [0.05, 0.1) is 17.1 Å². The molecule has 1 N–H and O–H groups in total. The molecule has 2 heterocycles. The van der Waals surface area contributed by atoms with E-state index in [1.165, 1.54) is 0 Å². The first-order valence-corrected chi connectivity index (χ1v) is 6.72. The molecule has 112 valence electrons. The van der Waals surface area contributed by atoms with E-state index in [4.69, 9.17) is 0 Å². The molecule has 0 aliphatic carbocycles. The van der Waals surface area contributed by atoms with Crippen LogP contribution in [0, 0.1) is 13.8 Å². The van der Waals surface area contributed by atoms with Crippen molar-refractivity contribution in [1.29, 1.82) is 0 Å². The highest BCUT2D eigenvalue weighted by molar-refractivity contribution is 5.94. The third kappa shape index (κ3) is 3.18. The average molecular weight is 288 g/mol. The quantitative estimate of drug-likeness (QED) is 0.924. The molecule has 0 saturated carbocycles. The van der Waals surface area contributed by atoms with Crippen LogP contribution in [-0.2, 0) is 4.79 Å². The van der Waals surface area contributed by atoms with Crippen LogP contribution in [0.15, 0.2) is 18.5 Å². The van der Waals surface area contributed by atoms with Crippen molar-refractivity contribution in [2.75, 3.05) is 24.3 Å². The first kappa shape index (κ1) is 15.0. The maximum absolute atomic E-state index is 12.3. The second kappa shape index (κ2) is 5.90. The van der Waals surface area contributed by atoms with E-state index in [2.05, 4.69) is 20.4 Å². The number of amides is 1. The molecule has 7 heteroatoms. The van der Waals surface area contributed by atoms with Crippen LogP contribution in [0.5, 0.6) is 0 Å². The summed E-state index contributed by atoms with van der Waals surface area (Å²) in [6.07, 6.45) is 3.41. The van der Waals surface area contributed by atoms with Gasteiger partial charge in [-0.3, -0.25) is 9.48 Å². The number of carbonyl (C=O) groups is 1. The third-order valence-corrected chi connectivity index (χ3v) is 3.21. The number of anilines is 2. The number of hydrogen-bond acceptors (Lipinski definition) is 5. The monoisotopic (exact) mass is 288 g/mol. The van der Waals surface area contributed by atoms with Crippen molar-refractivity contribution in [2.45, 2.75) is 26.8 Å². The van der Waals surface area contributed by atoms with Gasteiger partial charge in [0, 0.05) is 26.5 Å². The van der Waals surface area contributed by atoms with Gasteiger partial charge in [0.15, 0.2) is 0 Å². The van der Waals surface area contributed by atoms with E-state index in [9.17, 15) is 4.79 Å². The van der Waals surface area contributed by atoms with E-state index in [-0.39, 0.29) is 5.91 Å². The predicted octanol–water partition coefficient (Wildman–Crippen LogP) is 1.56. The molecule has 0 saturated heterocycles. The molecule has 0 aliphatic rings. The van der Waals surface area contributed by atoms with Crippen LogP contribution in [0.3, 0.4) is 0 Å². The lowest BCUT2D eigenvalue weighted by molar-refractivity contribution is -0.119. The highest BCUT2D eigenvalue weighted by Crippen LogP contribution is 2.20. The van der Waals surface area contributed by atoms with E-state index in [0.29, 0.717) is 11.6 Å². The molecule has 0 aromatic carbocycles. The lowest BCUT2D eigenvalue weighted by Gasteiger charge is -2.17. The Kier molecular flexibility index (Phi) is 4.21. The van der Waals surface area contributed by atoms with Crippen molar-refractivity contribution >= 4 is 17.5 Å². The van der Waals surface area contributed by atoms with Crippen molar-refractivity contribution < 1.29 is 4.79 Å². The van der Waals surface area contributed by atoms with Crippen LogP contribution in [0.1, 0.15) is 24.4 Å². The van der Waals surface area contributed by atoms with Gasteiger partial charge < -0.3 is 10.2 Å². The fraction of sp³-hybridized carbons (Fsp3) is 0.429. The van der Waals surface area contributed by atoms with Gasteiger partial charge in [-0.15, -0.1) is 0 Å². The Morgan fingerprint density at radius 3 is 2.38 bits per heavy atom. The van der Waals surface area contributed by atoms with Crippen molar-refractivity contribution in [3.8, 4) is 0 Å². The van der Waals surface area contributed by atoms with E-state index in [1.807, 2.05) is 32.8 Å². The summed E-state index contributed by atoms with van der Waals surface area (Å²) in [5.74, 6) is 0.481. The minimum absolute atomic E-state index is 0.147. The SMILES string of the molecule is Cc1nc(N(C)C)nc(C)c1NC(=O)C(C)n1cccn1. The number of aromatic nitrogens is 4. The molecular weight excluding hydrogens is 268 g/mol. The Morgan fingerprint density at radius 1 is 1.29 bits per heavy atom. The molecule has 1 unspecified atom stereocenters. The van der Waals surface area contributed by atoms with E-state index < -0.39 is 6.04 Å². The minimum atomic E-state index is -0.396. The zero-order valence-corrected chi connectivity index (χ0v) is 13.0. The Labute approximate surface area is 124 Å². The minimum Gasteiger partial charge on any atom is -0.347 e. The summed E-state index contributed by atoms with van der Waals surface area (Å²) in [7, 11) is 3.76. The van der Waals surface area contributed by atoms with Gasteiger partial charge >= 0.3 is 0 Å². The fourth-order valence-corrected chi connectivity index (χ4v) is 1.94. The Hall–Kier alpha value is -2.44.